The van der Waals surface area contributed by atoms with E-state index in [4.69, 9.17) is 0 Å². The Labute approximate surface area is 157 Å². The van der Waals surface area contributed by atoms with Crippen LogP contribution in [0, 0.1) is 5.82 Å². The van der Waals surface area contributed by atoms with E-state index in [1.165, 1.54) is 11.6 Å². The zero-order chi connectivity index (χ0) is 18.8. The third-order valence-electron chi connectivity index (χ3n) is 4.85. The lowest BCUT2D eigenvalue weighted by molar-refractivity contribution is 0.0976. The number of nitrogens with one attached hydrogen (secondary N) is 1. The molecular weight excluding hydrogens is 341 g/mol. The van der Waals surface area contributed by atoms with Gasteiger partial charge in [-0.15, -0.1) is 0 Å². The number of carbonyl (C=O) groups is 1. The maximum absolute atomic E-state index is 13.7. The van der Waals surface area contributed by atoms with Gasteiger partial charge in [-0.2, -0.15) is 0 Å². The Morgan fingerprint density at radius 1 is 1.15 bits per heavy atom. The van der Waals surface area contributed by atoms with E-state index in [0.29, 0.717) is 17.8 Å². The Morgan fingerprint density at radius 2 is 1.93 bits per heavy atom. The molecule has 3 aromatic rings. The third-order valence-corrected chi connectivity index (χ3v) is 4.85. The highest BCUT2D eigenvalue weighted by Gasteiger charge is 2.31. The first-order valence-corrected chi connectivity index (χ1v) is 8.98. The first kappa shape index (κ1) is 17.2. The van der Waals surface area contributed by atoms with Crippen LogP contribution in [-0.2, 0) is 13.0 Å². The van der Waals surface area contributed by atoms with Gasteiger partial charge in [-0.25, -0.2) is 9.37 Å². The molecule has 5 heteroatoms. The van der Waals surface area contributed by atoms with Crippen LogP contribution in [0.2, 0.25) is 0 Å². The highest BCUT2D eigenvalue weighted by Crippen LogP contribution is 2.32. The zero-order valence-corrected chi connectivity index (χ0v) is 15.0. The quantitative estimate of drug-likeness (QED) is 0.748. The molecule has 1 unspecified atom stereocenters. The van der Waals surface area contributed by atoms with Crippen molar-refractivity contribution in [3.8, 4) is 0 Å². The summed E-state index contributed by atoms with van der Waals surface area (Å²) in [6.45, 7) is 2.40. The number of para-hydroxylation sites is 1. The predicted molar refractivity (Wildman–Crippen MR) is 104 cm³/mol. The van der Waals surface area contributed by atoms with Crippen LogP contribution in [0.1, 0.15) is 28.5 Å². The predicted octanol–water partition coefficient (Wildman–Crippen LogP) is 4.42. The molecule has 0 saturated carbocycles. The Bertz CT molecular complexity index is 971. The van der Waals surface area contributed by atoms with Crippen molar-refractivity contribution in [3.05, 3.63) is 89.5 Å². The molecule has 0 spiro atoms. The lowest BCUT2D eigenvalue weighted by Gasteiger charge is -2.22. The van der Waals surface area contributed by atoms with Gasteiger partial charge < -0.3 is 10.2 Å². The van der Waals surface area contributed by atoms with Crippen LogP contribution in [0.4, 0.5) is 15.8 Å². The Kier molecular flexibility index (Phi) is 4.59. The molecule has 0 fully saturated rings. The number of amides is 1. The maximum atomic E-state index is 13.7. The summed E-state index contributed by atoms with van der Waals surface area (Å²) in [6.07, 6.45) is 2.46. The van der Waals surface area contributed by atoms with Gasteiger partial charge in [0.25, 0.3) is 5.91 Å². The zero-order valence-electron chi connectivity index (χ0n) is 15.0. The second-order valence-electron chi connectivity index (χ2n) is 6.73. The van der Waals surface area contributed by atoms with E-state index in [1.807, 2.05) is 30.0 Å². The number of aromatic nitrogens is 1. The fourth-order valence-corrected chi connectivity index (χ4v) is 3.46. The van der Waals surface area contributed by atoms with Crippen molar-refractivity contribution in [2.45, 2.75) is 25.9 Å². The monoisotopic (exact) mass is 361 g/mol. The summed E-state index contributed by atoms with van der Waals surface area (Å²) in [5.41, 5.74) is 3.86. The minimum atomic E-state index is -0.244. The van der Waals surface area contributed by atoms with Crippen molar-refractivity contribution in [2.24, 2.45) is 0 Å². The number of anilines is 2. The molecular formula is C22H20FN3O. The molecule has 2 heterocycles. The van der Waals surface area contributed by atoms with Crippen molar-refractivity contribution in [1.82, 2.24) is 4.98 Å². The molecule has 1 N–H and O–H groups in total. The van der Waals surface area contributed by atoms with Crippen molar-refractivity contribution in [3.63, 3.8) is 0 Å². The average molecular weight is 361 g/mol. The lowest BCUT2D eigenvalue weighted by Crippen LogP contribution is -2.36. The molecule has 1 aliphatic heterocycles. The van der Waals surface area contributed by atoms with Gasteiger partial charge >= 0.3 is 0 Å². The number of nitrogens with zero attached hydrogens (tertiary/aromatic N) is 2. The normalized spacial score (nSPS) is 15.5. The van der Waals surface area contributed by atoms with E-state index in [-0.39, 0.29) is 17.8 Å². The Hall–Kier alpha value is -3.21. The smallest absolute Gasteiger partial charge is 0.277 e. The minimum Gasteiger partial charge on any atom is -0.380 e. The number of hydrogen-bond acceptors (Lipinski definition) is 3. The summed E-state index contributed by atoms with van der Waals surface area (Å²) < 4.78 is 13.7. The molecule has 1 aromatic heterocycles. The summed E-state index contributed by atoms with van der Waals surface area (Å²) in [6, 6.07) is 18.2. The average Bonchev–Trinajstić information content (AvgIpc) is 3.03. The van der Waals surface area contributed by atoms with E-state index in [0.717, 1.165) is 17.8 Å². The number of hydrogen-bond donors (Lipinski definition) is 1. The first-order chi connectivity index (χ1) is 13.1. The van der Waals surface area contributed by atoms with Crippen LogP contribution in [0.3, 0.4) is 0 Å². The summed E-state index contributed by atoms with van der Waals surface area (Å²) in [5.74, 6) is -0.348. The van der Waals surface area contributed by atoms with Gasteiger partial charge in [0, 0.05) is 23.8 Å². The van der Waals surface area contributed by atoms with Gasteiger partial charge in [-0.1, -0.05) is 36.4 Å². The van der Waals surface area contributed by atoms with Crippen LogP contribution in [-0.4, -0.2) is 16.9 Å². The molecule has 0 aliphatic carbocycles. The lowest BCUT2D eigenvalue weighted by atomic mass is 10.1. The molecule has 1 aliphatic rings. The molecule has 136 valence electrons. The third kappa shape index (κ3) is 3.40. The standard InChI is InChI=1S/C22H20FN3O/c1-15-12-16-6-3-5-9-21(16)26(15)22(27)20-11-10-18(14-25-20)24-13-17-7-2-4-8-19(17)23/h2-11,14-15,24H,12-13H2,1H3. The molecule has 0 bridgehead atoms. The number of fused-ring (bicyclic) bond motifs is 1. The van der Waals surface area contributed by atoms with Gasteiger partial charge in [0.15, 0.2) is 0 Å². The van der Waals surface area contributed by atoms with E-state index in [2.05, 4.69) is 16.4 Å². The molecule has 1 amide bonds. The van der Waals surface area contributed by atoms with E-state index in [1.54, 1.807) is 36.5 Å². The second-order valence-corrected chi connectivity index (χ2v) is 6.73. The number of halogens is 1. The van der Waals surface area contributed by atoms with Gasteiger partial charge in [0.2, 0.25) is 0 Å². The van der Waals surface area contributed by atoms with Gasteiger partial charge in [-0.05, 0) is 43.2 Å². The number of benzene rings is 2. The summed E-state index contributed by atoms with van der Waals surface area (Å²) in [7, 11) is 0. The van der Waals surface area contributed by atoms with Crippen LogP contribution in [0.5, 0.6) is 0 Å². The van der Waals surface area contributed by atoms with Crippen molar-refractivity contribution >= 4 is 17.3 Å². The van der Waals surface area contributed by atoms with Crippen molar-refractivity contribution < 1.29 is 9.18 Å². The van der Waals surface area contributed by atoms with Crippen LogP contribution >= 0.6 is 0 Å². The molecule has 1 atom stereocenters. The largest absolute Gasteiger partial charge is 0.380 e. The number of pyridine rings is 1. The topological polar surface area (TPSA) is 45.2 Å². The van der Waals surface area contributed by atoms with Gasteiger partial charge in [0.05, 0.1) is 11.9 Å². The second kappa shape index (κ2) is 7.19. The fourth-order valence-electron chi connectivity index (χ4n) is 3.46. The molecule has 0 radical (unpaired) electrons. The van der Waals surface area contributed by atoms with Gasteiger partial charge in [0.1, 0.15) is 11.5 Å². The molecule has 0 saturated heterocycles. The maximum Gasteiger partial charge on any atom is 0.277 e. The van der Waals surface area contributed by atoms with Crippen LogP contribution in [0.25, 0.3) is 0 Å². The fraction of sp³-hybridized carbons (Fsp3) is 0.182. The minimum absolute atomic E-state index is 0.104. The Balaban J connectivity index is 1.48. The van der Waals surface area contributed by atoms with Crippen LogP contribution in [0.15, 0.2) is 66.9 Å². The van der Waals surface area contributed by atoms with Crippen LogP contribution < -0.4 is 10.2 Å². The highest BCUT2D eigenvalue weighted by atomic mass is 19.1. The molecule has 2 aromatic carbocycles. The summed E-state index contributed by atoms with van der Waals surface area (Å²) in [5, 5.41) is 3.13. The Morgan fingerprint density at radius 3 is 2.70 bits per heavy atom. The molecule has 27 heavy (non-hydrogen) atoms. The summed E-state index contributed by atoms with van der Waals surface area (Å²) in [4.78, 5) is 19.1. The SMILES string of the molecule is CC1Cc2ccccc2N1C(=O)c1ccc(NCc2ccccc2F)cn1. The highest BCUT2D eigenvalue weighted by molar-refractivity contribution is 6.06. The van der Waals surface area contributed by atoms with E-state index < -0.39 is 0 Å². The van der Waals surface area contributed by atoms with Gasteiger partial charge in [-0.3, -0.25) is 4.79 Å². The molecule has 4 rings (SSSR count). The molecule has 4 nitrogen and oxygen atoms in total. The van der Waals surface area contributed by atoms with E-state index >= 15 is 0 Å². The first-order valence-electron chi connectivity index (χ1n) is 8.98. The number of rotatable bonds is 4. The van der Waals surface area contributed by atoms with Crippen molar-refractivity contribution in [2.75, 3.05) is 10.2 Å². The van der Waals surface area contributed by atoms with E-state index in [9.17, 15) is 9.18 Å². The van der Waals surface area contributed by atoms with Crippen molar-refractivity contribution in [1.29, 1.82) is 0 Å². The summed E-state index contributed by atoms with van der Waals surface area (Å²) >= 11 is 0. The number of carbonyl (C=O) groups excluding carboxylic acids is 1.